The van der Waals surface area contributed by atoms with Crippen molar-refractivity contribution in [3.63, 3.8) is 0 Å². The Morgan fingerprint density at radius 2 is 1.02 bits per heavy atom. The number of pyridine rings is 1. The minimum atomic E-state index is -0.0401. The van der Waals surface area contributed by atoms with Crippen LogP contribution < -0.4 is 0 Å². The largest absolute Gasteiger partial charge is 0.507 e. The molecule has 0 bridgehead atoms. The first-order valence-electron chi connectivity index (χ1n) is 22.1. The third kappa shape index (κ3) is 8.08. The number of rotatable bonds is 8. The molecular formula is C60H55N3O. The summed E-state index contributed by atoms with van der Waals surface area (Å²) in [6.07, 6.45) is 1.88. The Hall–Kier alpha value is -7.30. The summed E-state index contributed by atoms with van der Waals surface area (Å²) in [5.74, 6) is 0.876. The van der Waals surface area contributed by atoms with E-state index in [2.05, 4.69) is 186 Å². The molecule has 9 rings (SSSR count). The Balaban J connectivity index is 1.38. The predicted octanol–water partition coefficient (Wildman–Crippen LogP) is 16.0. The van der Waals surface area contributed by atoms with E-state index in [1.165, 1.54) is 22.3 Å². The maximum absolute atomic E-state index is 11.2. The highest BCUT2D eigenvalue weighted by Gasteiger charge is 2.24. The fourth-order valence-electron chi connectivity index (χ4n) is 8.74. The molecule has 316 valence electrons. The fourth-order valence-corrected chi connectivity index (χ4v) is 8.74. The molecule has 0 saturated carbocycles. The lowest BCUT2D eigenvalue weighted by Crippen LogP contribution is -2.11. The summed E-state index contributed by atoms with van der Waals surface area (Å²) >= 11 is 0. The van der Waals surface area contributed by atoms with Crippen LogP contribution in [0.1, 0.15) is 65.2 Å². The molecule has 0 saturated heterocycles. The van der Waals surface area contributed by atoms with Crippen molar-refractivity contribution in [3.05, 3.63) is 193 Å². The van der Waals surface area contributed by atoms with Crippen LogP contribution in [0.5, 0.6) is 5.75 Å². The van der Waals surface area contributed by atoms with Crippen LogP contribution in [0.4, 0.5) is 0 Å². The molecule has 2 aromatic heterocycles. The monoisotopic (exact) mass is 833 g/mol. The molecule has 0 fully saturated rings. The zero-order chi connectivity index (χ0) is 44.9. The lowest BCUT2D eigenvalue weighted by molar-refractivity contribution is 0.476. The number of phenolic OH excluding ortho intramolecular Hbond substituents is 1. The Bertz CT molecular complexity index is 3210. The van der Waals surface area contributed by atoms with E-state index in [1.54, 1.807) is 6.07 Å². The van der Waals surface area contributed by atoms with Gasteiger partial charge in [-0.05, 0) is 139 Å². The standard InChI is InChI=1S/C60H55N3O/c1-38(2)41-28-29-61-54(34-41)45-31-42(48-26-24-46(59(3,4)5)36-51(48)39-18-12-10-13-19-39)30-43(32-45)53-33-44(35-55-57(53)62-58(63(55)9)50-22-16-17-23-56(50)64)49-27-25-47(60(6,7)8)37-52(49)40-20-14-11-15-21-40/h10-37,64H,1H2,2-9H3. The summed E-state index contributed by atoms with van der Waals surface area (Å²) in [6, 6.07) is 58.2. The van der Waals surface area contributed by atoms with Gasteiger partial charge in [0.2, 0.25) is 0 Å². The molecule has 4 nitrogen and oxygen atoms in total. The number of para-hydroxylation sites is 1. The van der Waals surface area contributed by atoms with E-state index in [1.807, 2.05) is 44.4 Å². The first-order valence-corrected chi connectivity index (χ1v) is 22.1. The van der Waals surface area contributed by atoms with Crippen LogP contribution in [0.3, 0.4) is 0 Å². The van der Waals surface area contributed by atoms with E-state index in [-0.39, 0.29) is 16.6 Å². The second-order valence-electron chi connectivity index (χ2n) is 19.2. The molecule has 7 aromatic carbocycles. The van der Waals surface area contributed by atoms with Gasteiger partial charge in [-0.2, -0.15) is 0 Å². The molecular weight excluding hydrogens is 779 g/mol. The summed E-state index contributed by atoms with van der Waals surface area (Å²) < 4.78 is 2.12. The van der Waals surface area contributed by atoms with Crippen LogP contribution in [0, 0.1) is 0 Å². The second-order valence-corrected chi connectivity index (χ2v) is 19.2. The Kier molecular flexibility index (Phi) is 10.8. The highest BCUT2D eigenvalue weighted by molar-refractivity contribution is 6.01. The maximum Gasteiger partial charge on any atom is 0.144 e. The average Bonchev–Trinajstić information content (AvgIpc) is 3.63. The Morgan fingerprint density at radius 1 is 0.500 bits per heavy atom. The van der Waals surface area contributed by atoms with Gasteiger partial charge in [0.25, 0.3) is 0 Å². The molecule has 2 heterocycles. The number of aromatic hydroxyl groups is 1. The molecule has 0 aliphatic heterocycles. The van der Waals surface area contributed by atoms with Crippen molar-refractivity contribution in [1.29, 1.82) is 0 Å². The van der Waals surface area contributed by atoms with Crippen LogP contribution in [-0.2, 0) is 17.9 Å². The molecule has 0 aliphatic rings. The number of imidazole rings is 1. The van der Waals surface area contributed by atoms with Gasteiger partial charge in [0, 0.05) is 24.4 Å². The van der Waals surface area contributed by atoms with Gasteiger partial charge in [-0.3, -0.25) is 4.98 Å². The molecule has 9 aromatic rings. The van der Waals surface area contributed by atoms with Gasteiger partial charge in [-0.25, -0.2) is 4.98 Å². The number of aromatic nitrogens is 3. The van der Waals surface area contributed by atoms with Crippen LogP contribution in [0.25, 0.3) is 94.9 Å². The molecule has 0 aliphatic carbocycles. The minimum Gasteiger partial charge on any atom is -0.507 e. The van der Waals surface area contributed by atoms with Crippen LogP contribution in [0.15, 0.2) is 177 Å². The zero-order valence-electron chi connectivity index (χ0n) is 38.2. The molecule has 64 heavy (non-hydrogen) atoms. The number of nitrogens with zero attached hydrogens (tertiary/aromatic N) is 3. The number of hydrogen-bond acceptors (Lipinski definition) is 3. The number of fused-ring (bicyclic) bond motifs is 1. The average molecular weight is 834 g/mol. The van der Waals surface area contributed by atoms with E-state index in [9.17, 15) is 5.11 Å². The van der Waals surface area contributed by atoms with Crippen molar-refractivity contribution in [2.45, 2.75) is 59.3 Å². The number of aryl methyl sites for hydroxylation is 1. The van der Waals surface area contributed by atoms with E-state index in [4.69, 9.17) is 9.97 Å². The first kappa shape index (κ1) is 42.0. The number of allylic oxidation sites excluding steroid dienone is 1. The highest BCUT2D eigenvalue weighted by atomic mass is 16.3. The van der Waals surface area contributed by atoms with Crippen molar-refractivity contribution >= 4 is 16.6 Å². The second kappa shape index (κ2) is 16.4. The first-order chi connectivity index (χ1) is 30.6. The number of phenols is 1. The summed E-state index contributed by atoms with van der Waals surface area (Å²) in [5.41, 5.74) is 19.9. The normalized spacial score (nSPS) is 11.9. The van der Waals surface area contributed by atoms with Crippen LogP contribution in [-0.4, -0.2) is 19.6 Å². The minimum absolute atomic E-state index is 0.0399. The van der Waals surface area contributed by atoms with Gasteiger partial charge in [0.05, 0.1) is 22.3 Å². The summed E-state index contributed by atoms with van der Waals surface area (Å²) in [6.45, 7) is 19.9. The van der Waals surface area contributed by atoms with Crippen LogP contribution in [0.2, 0.25) is 0 Å². The van der Waals surface area contributed by atoms with Gasteiger partial charge < -0.3 is 9.67 Å². The molecule has 0 unspecified atom stereocenters. The topological polar surface area (TPSA) is 50.9 Å². The lowest BCUT2D eigenvalue weighted by atomic mass is 9.82. The fraction of sp³-hybridized carbons (Fsp3) is 0.167. The predicted molar refractivity (Wildman–Crippen MR) is 270 cm³/mol. The van der Waals surface area contributed by atoms with Crippen molar-refractivity contribution in [2.24, 2.45) is 7.05 Å². The van der Waals surface area contributed by atoms with Gasteiger partial charge in [0.15, 0.2) is 0 Å². The van der Waals surface area contributed by atoms with E-state index < -0.39 is 0 Å². The summed E-state index contributed by atoms with van der Waals surface area (Å²) in [5, 5.41) is 11.2. The summed E-state index contributed by atoms with van der Waals surface area (Å²) in [4.78, 5) is 10.4. The van der Waals surface area contributed by atoms with Gasteiger partial charge in [0.1, 0.15) is 11.6 Å². The van der Waals surface area contributed by atoms with Crippen LogP contribution >= 0.6 is 0 Å². The quantitative estimate of drug-likeness (QED) is 0.166. The van der Waals surface area contributed by atoms with E-state index in [0.717, 1.165) is 77.9 Å². The number of hydrogen-bond donors (Lipinski definition) is 1. The van der Waals surface area contributed by atoms with Gasteiger partial charge >= 0.3 is 0 Å². The van der Waals surface area contributed by atoms with Gasteiger partial charge in [-0.15, -0.1) is 0 Å². The SMILES string of the molecule is C=C(C)c1ccnc(-c2cc(-c3ccc(C(C)(C)C)cc3-c3ccccc3)cc(-c3cc(-c4ccc(C(C)(C)C)cc4-c4ccccc4)cc4c3nc(-c3ccccc3O)n4C)c2)c1. The van der Waals surface area contributed by atoms with Crippen molar-refractivity contribution < 1.29 is 5.11 Å². The summed E-state index contributed by atoms with van der Waals surface area (Å²) in [7, 11) is 2.04. The molecule has 0 spiro atoms. The molecule has 0 amide bonds. The van der Waals surface area contributed by atoms with Crippen molar-refractivity contribution in [3.8, 4) is 84.0 Å². The van der Waals surface area contributed by atoms with Gasteiger partial charge in [-0.1, -0.05) is 163 Å². The maximum atomic E-state index is 11.2. The third-order valence-electron chi connectivity index (χ3n) is 12.5. The zero-order valence-corrected chi connectivity index (χ0v) is 38.2. The van der Waals surface area contributed by atoms with Crippen molar-refractivity contribution in [2.75, 3.05) is 0 Å². The molecule has 4 heteroatoms. The van der Waals surface area contributed by atoms with Crippen molar-refractivity contribution in [1.82, 2.24) is 14.5 Å². The Morgan fingerprint density at radius 3 is 1.56 bits per heavy atom. The molecule has 1 N–H and O–H groups in total. The van der Waals surface area contributed by atoms with E-state index >= 15 is 0 Å². The number of benzene rings is 7. The lowest BCUT2D eigenvalue weighted by Gasteiger charge is -2.23. The third-order valence-corrected chi connectivity index (χ3v) is 12.5. The molecule has 0 radical (unpaired) electrons. The highest BCUT2D eigenvalue weighted by Crippen LogP contribution is 2.45. The van der Waals surface area contributed by atoms with E-state index in [0.29, 0.717) is 11.4 Å². The molecule has 0 atom stereocenters. The smallest absolute Gasteiger partial charge is 0.144 e. The Labute approximate surface area is 378 Å².